The largest absolute Gasteiger partial charge is 0.457 e. The Morgan fingerprint density at radius 1 is 1.11 bits per heavy atom. The van der Waals surface area contributed by atoms with Crippen LogP contribution in [0.25, 0.3) is 0 Å². The van der Waals surface area contributed by atoms with Gasteiger partial charge in [0.05, 0.1) is 0 Å². The van der Waals surface area contributed by atoms with Crippen LogP contribution in [0.4, 0.5) is 4.39 Å². The number of halogens is 2. The van der Waals surface area contributed by atoms with E-state index < -0.39 is 0 Å². The summed E-state index contributed by atoms with van der Waals surface area (Å²) in [4.78, 5) is 0. The predicted molar refractivity (Wildman–Crippen MR) is 73.2 cm³/mol. The maximum absolute atomic E-state index is 12.8. The van der Waals surface area contributed by atoms with Gasteiger partial charge in [0.25, 0.3) is 0 Å². The number of rotatable bonds is 3. The lowest BCUT2D eigenvalue weighted by atomic mass is 10.1. The Balaban J connectivity index is 2.20. The average Bonchev–Trinajstić information content (AvgIpc) is 2.32. The number of ether oxygens (including phenoxy) is 1. The Labute approximate surface area is 114 Å². The quantitative estimate of drug-likeness (QED) is 0.912. The van der Waals surface area contributed by atoms with Crippen molar-refractivity contribution in [2.24, 2.45) is 5.73 Å². The van der Waals surface area contributed by atoms with Gasteiger partial charge in [-0.25, -0.2) is 4.39 Å². The van der Waals surface area contributed by atoms with Crippen LogP contribution in [0, 0.1) is 5.82 Å². The summed E-state index contributed by atoms with van der Waals surface area (Å²) in [6.45, 7) is 1.92. The van der Waals surface area contributed by atoms with Gasteiger partial charge < -0.3 is 10.5 Å². The average molecular weight is 310 g/mol. The molecule has 0 aliphatic rings. The van der Waals surface area contributed by atoms with Crippen LogP contribution < -0.4 is 10.5 Å². The maximum Gasteiger partial charge on any atom is 0.128 e. The highest BCUT2D eigenvalue weighted by Crippen LogP contribution is 2.29. The first-order valence-corrected chi connectivity index (χ1v) is 6.34. The van der Waals surface area contributed by atoms with Gasteiger partial charge in [-0.3, -0.25) is 0 Å². The van der Waals surface area contributed by atoms with E-state index in [1.54, 1.807) is 12.1 Å². The molecule has 2 aromatic carbocycles. The molecule has 1 atom stereocenters. The molecule has 0 spiro atoms. The van der Waals surface area contributed by atoms with Gasteiger partial charge in [-0.1, -0.05) is 22.0 Å². The first-order valence-electron chi connectivity index (χ1n) is 5.54. The van der Waals surface area contributed by atoms with E-state index in [-0.39, 0.29) is 11.9 Å². The molecular formula is C14H13BrFNO. The highest BCUT2D eigenvalue weighted by Gasteiger charge is 2.06. The van der Waals surface area contributed by atoms with Crippen LogP contribution in [0.5, 0.6) is 11.5 Å². The monoisotopic (exact) mass is 309 g/mol. The fourth-order valence-electron chi connectivity index (χ4n) is 1.58. The Bertz CT molecular complexity index is 540. The molecule has 94 valence electrons. The summed E-state index contributed by atoms with van der Waals surface area (Å²) in [5.41, 5.74) is 6.84. The molecule has 0 heterocycles. The van der Waals surface area contributed by atoms with Gasteiger partial charge in [-0.05, 0) is 48.9 Å². The first kappa shape index (κ1) is 13.1. The van der Waals surface area contributed by atoms with Crippen LogP contribution in [0.3, 0.4) is 0 Å². The Hall–Kier alpha value is -1.39. The van der Waals surface area contributed by atoms with Crippen LogP contribution in [0.15, 0.2) is 46.9 Å². The van der Waals surface area contributed by atoms with Crippen LogP contribution in [0.2, 0.25) is 0 Å². The minimum atomic E-state index is -0.282. The van der Waals surface area contributed by atoms with Crippen molar-refractivity contribution >= 4 is 15.9 Å². The molecule has 0 saturated heterocycles. The predicted octanol–water partition coefficient (Wildman–Crippen LogP) is 4.40. The summed E-state index contributed by atoms with van der Waals surface area (Å²) in [5, 5.41) is 0. The van der Waals surface area contributed by atoms with Crippen LogP contribution in [0.1, 0.15) is 18.5 Å². The molecule has 2 nitrogen and oxygen atoms in total. The molecule has 2 rings (SSSR count). The molecule has 18 heavy (non-hydrogen) atoms. The molecule has 1 unspecified atom stereocenters. The van der Waals surface area contributed by atoms with Gasteiger partial charge in [-0.2, -0.15) is 0 Å². The van der Waals surface area contributed by atoms with Crippen molar-refractivity contribution in [2.75, 3.05) is 0 Å². The lowest BCUT2D eigenvalue weighted by Gasteiger charge is -2.11. The number of benzene rings is 2. The lowest BCUT2D eigenvalue weighted by Crippen LogP contribution is -2.05. The van der Waals surface area contributed by atoms with E-state index in [1.165, 1.54) is 12.1 Å². The van der Waals surface area contributed by atoms with E-state index in [0.29, 0.717) is 11.5 Å². The zero-order valence-corrected chi connectivity index (χ0v) is 11.4. The van der Waals surface area contributed by atoms with Gasteiger partial charge in [-0.15, -0.1) is 0 Å². The zero-order valence-electron chi connectivity index (χ0n) is 9.86. The topological polar surface area (TPSA) is 35.2 Å². The minimum Gasteiger partial charge on any atom is -0.457 e. The first-order chi connectivity index (χ1) is 8.56. The summed E-state index contributed by atoms with van der Waals surface area (Å²) in [6.07, 6.45) is 0. The van der Waals surface area contributed by atoms with Gasteiger partial charge in [0.15, 0.2) is 0 Å². The molecule has 0 radical (unpaired) electrons. The number of hydrogen-bond acceptors (Lipinski definition) is 2. The molecule has 0 fully saturated rings. The van der Waals surface area contributed by atoms with Gasteiger partial charge in [0.1, 0.15) is 17.3 Å². The van der Waals surface area contributed by atoms with Crippen LogP contribution >= 0.6 is 15.9 Å². The summed E-state index contributed by atoms with van der Waals surface area (Å²) >= 11 is 3.45. The molecule has 0 aliphatic carbocycles. The second-order valence-electron chi connectivity index (χ2n) is 4.03. The molecule has 2 N–H and O–H groups in total. The van der Waals surface area contributed by atoms with E-state index in [0.717, 1.165) is 10.0 Å². The molecule has 0 amide bonds. The Kier molecular flexibility index (Phi) is 3.99. The highest BCUT2D eigenvalue weighted by atomic mass is 79.9. The highest BCUT2D eigenvalue weighted by molar-refractivity contribution is 9.10. The molecule has 4 heteroatoms. The zero-order chi connectivity index (χ0) is 13.1. The third-order valence-corrected chi connectivity index (χ3v) is 3.20. The summed E-state index contributed by atoms with van der Waals surface area (Å²) in [6, 6.07) is 11.5. The van der Waals surface area contributed by atoms with E-state index in [4.69, 9.17) is 10.5 Å². The van der Waals surface area contributed by atoms with Crippen molar-refractivity contribution in [3.63, 3.8) is 0 Å². The van der Waals surface area contributed by atoms with E-state index >= 15 is 0 Å². The van der Waals surface area contributed by atoms with Crippen molar-refractivity contribution in [3.05, 3.63) is 58.3 Å². The normalized spacial score (nSPS) is 12.2. The lowest BCUT2D eigenvalue weighted by molar-refractivity contribution is 0.480. The third kappa shape index (κ3) is 3.09. The van der Waals surface area contributed by atoms with Crippen molar-refractivity contribution in [1.82, 2.24) is 0 Å². The minimum absolute atomic E-state index is 0.0424. The van der Waals surface area contributed by atoms with Gasteiger partial charge in [0.2, 0.25) is 0 Å². The van der Waals surface area contributed by atoms with Crippen LogP contribution in [-0.2, 0) is 0 Å². The molecular weight excluding hydrogens is 297 g/mol. The van der Waals surface area contributed by atoms with Gasteiger partial charge >= 0.3 is 0 Å². The smallest absolute Gasteiger partial charge is 0.128 e. The van der Waals surface area contributed by atoms with Crippen molar-refractivity contribution in [1.29, 1.82) is 0 Å². The van der Waals surface area contributed by atoms with Gasteiger partial charge in [0, 0.05) is 10.5 Å². The second-order valence-corrected chi connectivity index (χ2v) is 4.88. The molecule has 0 saturated carbocycles. The maximum atomic E-state index is 12.8. The molecule has 0 aliphatic heterocycles. The van der Waals surface area contributed by atoms with Crippen molar-refractivity contribution < 1.29 is 9.13 Å². The van der Waals surface area contributed by atoms with Crippen molar-refractivity contribution in [2.45, 2.75) is 13.0 Å². The third-order valence-electron chi connectivity index (χ3n) is 2.51. The fourth-order valence-corrected chi connectivity index (χ4v) is 2.30. The SMILES string of the molecule is CC(N)c1ccc(Oc2ccc(F)cc2)cc1Br. The van der Waals surface area contributed by atoms with Crippen molar-refractivity contribution in [3.8, 4) is 11.5 Å². The molecule has 0 bridgehead atoms. The summed E-state index contributed by atoms with van der Waals surface area (Å²) in [5.74, 6) is 0.991. The van der Waals surface area contributed by atoms with Crippen LogP contribution in [-0.4, -0.2) is 0 Å². The van der Waals surface area contributed by atoms with E-state index in [1.807, 2.05) is 25.1 Å². The Morgan fingerprint density at radius 3 is 2.28 bits per heavy atom. The number of nitrogens with two attached hydrogens (primary N) is 1. The van der Waals surface area contributed by atoms with E-state index in [2.05, 4.69) is 15.9 Å². The summed E-state index contributed by atoms with van der Waals surface area (Å²) < 4.78 is 19.3. The standard InChI is InChI=1S/C14H13BrFNO/c1-9(17)13-7-6-12(8-14(13)15)18-11-4-2-10(16)3-5-11/h2-9H,17H2,1H3. The van der Waals surface area contributed by atoms with E-state index in [9.17, 15) is 4.39 Å². The summed E-state index contributed by atoms with van der Waals surface area (Å²) in [7, 11) is 0. The second kappa shape index (κ2) is 5.50. The Morgan fingerprint density at radius 2 is 1.72 bits per heavy atom. The molecule has 0 aromatic heterocycles. The molecule has 2 aromatic rings. The number of hydrogen-bond donors (Lipinski definition) is 1. The fraction of sp³-hybridized carbons (Fsp3) is 0.143.